The lowest BCUT2D eigenvalue weighted by Crippen LogP contribution is -2.29. The van der Waals surface area contributed by atoms with E-state index in [9.17, 15) is 0 Å². The molecule has 0 atom stereocenters. The van der Waals surface area contributed by atoms with Crippen molar-refractivity contribution in [2.45, 2.75) is 25.7 Å². The molecule has 2 N–H and O–H groups in total. The van der Waals surface area contributed by atoms with Crippen LogP contribution in [0.5, 0.6) is 0 Å². The van der Waals surface area contributed by atoms with Crippen molar-refractivity contribution in [3.8, 4) is 11.3 Å². The number of rotatable bonds is 3. The topological polar surface area (TPSA) is 55.0 Å². The van der Waals surface area contributed by atoms with Gasteiger partial charge in [-0.2, -0.15) is 0 Å². The van der Waals surface area contributed by atoms with Crippen LogP contribution in [0.25, 0.3) is 11.3 Å². The summed E-state index contributed by atoms with van der Waals surface area (Å²) < 4.78 is 0. The Bertz CT molecular complexity index is 664. The second-order valence-electron chi connectivity index (χ2n) is 6.36. The fraction of sp³-hybridized carbons (Fsp3) is 0.412. The summed E-state index contributed by atoms with van der Waals surface area (Å²) in [5, 5.41) is 0. The molecule has 1 aliphatic carbocycles. The van der Waals surface area contributed by atoms with Crippen LogP contribution in [-0.2, 0) is 11.8 Å². The minimum atomic E-state index is 0.123. The number of anilines is 1. The van der Waals surface area contributed by atoms with Gasteiger partial charge in [-0.3, -0.25) is 0 Å². The second-order valence-corrected chi connectivity index (χ2v) is 6.36. The molecule has 0 saturated heterocycles. The summed E-state index contributed by atoms with van der Waals surface area (Å²) in [7, 11) is 1.98. The van der Waals surface area contributed by atoms with Crippen LogP contribution >= 0.6 is 0 Å². The largest absolute Gasteiger partial charge is 0.343 e. The number of hydrogen-bond donors (Lipinski definition) is 1. The van der Waals surface area contributed by atoms with Crippen molar-refractivity contribution in [3.63, 3.8) is 0 Å². The molecule has 0 fully saturated rings. The number of fused-ring (bicyclic) bond motifs is 3. The summed E-state index contributed by atoms with van der Waals surface area (Å²) in [6.07, 6.45) is 2.95. The van der Waals surface area contributed by atoms with Crippen LogP contribution in [0.3, 0.4) is 0 Å². The molecule has 1 heterocycles. The third-order valence-electron chi connectivity index (χ3n) is 4.20. The van der Waals surface area contributed by atoms with Crippen molar-refractivity contribution in [1.29, 1.82) is 0 Å². The van der Waals surface area contributed by atoms with Gasteiger partial charge in [0.2, 0.25) is 5.95 Å². The predicted octanol–water partition coefficient (Wildman–Crippen LogP) is 2.37. The van der Waals surface area contributed by atoms with Gasteiger partial charge in [-0.1, -0.05) is 38.1 Å². The average molecular weight is 282 g/mol. The maximum absolute atomic E-state index is 5.62. The van der Waals surface area contributed by atoms with E-state index >= 15 is 0 Å². The molecule has 1 aromatic carbocycles. The number of likely N-dealkylation sites (N-methyl/N-ethyl adjacent to an activating group) is 1. The van der Waals surface area contributed by atoms with E-state index in [0.717, 1.165) is 24.6 Å². The summed E-state index contributed by atoms with van der Waals surface area (Å²) in [4.78, 5) is 11.3. The molecular weight excluding hydrogens is 260 g/mol. The van der Waals surface area contributed by atoms with Gasteiger partial charge >= 0.3 is 0 Å². The molecule has 0 spiro atoms. The van der Waals surface area contributed by atoms with Crippen molar-refractivity contribution in [3.05, 3.63) is 41.6 Å². The zero-order valence-electron chi connectivity index (χ0n) is 12.9. The first kappa shape index (κ1) is 14.0. The van der Waals surface area contributed by atoms with Crippen LogP contribution in [0, 0.1) is 0 Å². The van der Waals surface area contributed by atoms with Gasteiger partial charge in [0.15, 0.2) is 0 Å². The first-order valence-corrected chi connectivity index (χ1v) is 7.40. The molecule has 0 unspecified atom stereocenters. The zero-order valence-corrected chi connectivity index (χ0v) is 12.9. The van der Waals surface area contributed by atoms with Gasteiger partial charge in [0.05, 0.1) is 5.69 Å². The third kappa shape index (κ3) is 2.40. The molecule has 3 rings (SSSR count). The minimum Gasteiger partial charge on any atom is -0.343 e. The van der Waals surface area contributed by atoms with Crippen molar-refractivity contribution in [1.82, 2.24) is 9.97 Å². The molecule has 110 valence electrons. The fourth-order valence-electron chi connectivity index (χ4n) is 3.09. The van der Waals surface area contributed by atoms with E-state index in [1.807, 2.05) is 18.1 Å². The van der Waals surface area contributed by atoms with Crippen molar-refractivity contribution in [2.24, 2.45) is 5.73 Å². The lowest BCUT2D eigenvalue weighted by Gasteiger charge is -2.33. The van der Waals surface area contributed by atoms with Gasteiger partial charge in [0, 0.05) is 31.9 Å². The van der Waals surface area contributed by atoms with Gasteiger partial charge in [-0.25, -0.2) is 9.97 Å². The molecule has 21 heavy (non-hydrogen) atoms. The standard InChI is InChI=1S/C17H22N4/c1-17(2)10-12-11-19-16(21(3)9-8-18)20-15(12)13-6-4-5-7-14(13)17/h4-7,11H,8-10,18H2,1-3H3. The average Bonchev–Trinajstić information content (AvgIpc) is 2.47. The van der Waals surface area contributed by atoms with Gasteiger partial charge in [0.1, 0.15) is 0 Å². The molecular formula is C17H22N4. The van der Waals surface area contributed by atoms with E-state index in [4.69, 9.17) is 10.7 Å². The van der Waals surface area contributed by atoms with Crippen LogP contribution in [0.1, 0.15) is 25.0 Å². The minimum absolute atomic E-state index is 0.123. The van der Waals surface area contributed by atoms with Crippen LogP contribution in [0.15, 0.2) is 30.5 Å². The molecule has 1 aromatic heterocycles. The molecule has 0 amide bonds. The number of benzene rings is 1. The highest BCUT2D eigenvalue weighted by Crippen LogP contribution is 2.41. The van der Waals surface area contributed by atoms with Crippen molar-refractivity contribution in [2.75, 3.05) is 25.0 Å². The van der Waals surface area contributed by atoms with Crippen LogP contribution in [0.2, 0.25) is 0 Å². The summed E-state index contributed by atoms with van der Waals surface area (Å²) in [6, 6.07) is 8.56. The Morgan fingerprint density at radius 2 is 2.05 bits per heavy atom. The van der Waals surface area contributed by atoms with E-state index in [1.54, 1.807) is 0 Å². The molecule has 0 aliphatic heterocycles. The number of nitrogens with zero attached hydrogens (tertiary/aromatic N) is 3. The fourth-order valence-corrected chi connectivity index (χ4v) is 3.09. The Labute approximate surface area is 126 Å². The number of nitrogens with two attached hydrogens (primary N) is 1. The third-order valence-corrected chi connectivity index (χ3v) is 4.20. The SMILES string of the molecule is CN(CCN)c1ncc2c(n1)-c1ccccc1C(C)(C)C2. The van der Waals surface area contributed by atoms with E-state index in [1.165, 1.54) is 16.7 Å². The highest BCUT2D eigenvalue weighted by molar-refractivity contribution is 5.72. The first-order chi connectivity index (χ1) is 10.0. The van der Waals surface area contributed by atoms with E-state index < -0.39 is 0 Å². The van der Waals surface area contributed by atoms with Crippen molar-refractivity contribution >= 4 is 5.95 Å². The molecule has 2 aromatic rings. The summed E-state index contributed by atoms with van der Waals surface area (Å²) in [5.74, 6) is 0.744. The molecule has 0 radical (unpaired) electrons. The predicted molar refractivity (Wildman–Crippen MR) is 86.5 cm³/mol. The smallest absolute Gasteiger partial charge is 0.225 e. The van der Waals surface area contributed by atoms with Crippen LogP contribution in [-0.4, -0.2) is 30.1 Å². The van der Waals surface area contributed by atoms with E-state index in [0.29, 0.717) is 6.54 Å². The van der Waals surface area contributed by atoms with Crippen LogP contribution < -0.4 is 10.6 Å². The molecule has 4 heteroatoms. The van der Waals surface area contributed by atoms with Gasteiger partial charge in [-0.15, -0.1) is 0 Å². The lowest BCUT2D eigenvalue weighted by atomic mass is 9.72. The van der Waals surface area contributed by atoms with E-state index in [2.05, 4.69) is 43.1 Å². The Morgan fingerprint density at radius 3 is 2.81 bits per heavy atom. The summed E-state index contributed by atoms with van der Waals surface area (Å²) in [6.45, 7) is 5.92. The second kappa shape index (κ2) is 5.11. The highest BCUT2D eigenvalue weighted by Gasteiger charge is 2.31. The summed E-state index contributed by atoms with van der Waals surface area (Å²) in [5.41, 5.74) is 10.6. The zero-order chi connectivity index (χ0) is 15.0. The van der Waals surface area contributed by atoms with E-state index in [-0.39, 0.29) is 5.41 Å². The molecule has 4 nitrogen and oxygen atoms in total. The molecule has 1 aliphatic rings. The Hall–Kier alpha value is -1.94. The quantitative estimate of drug-likeness (QED) is 0.939. The summed E-state index contributed by atoms with van der Waals surface area (Å²) >= 11 is 0. The van der Waals surface area contributed by atoms with Gasteiger partial charge in [0.25, 0.3) is 0 Å². The lowest BCUT2D eigenvalue weighted by molar-refractivity contribution is 0.514. The Morgan fingerprint density at radius 1 is 1.29 bits per heavy atom. The van der Waals surface area contributed by atoms with Gasteiger partial charge < -0.3 is 10.6 Å². The monoisotopic (exact) mass is 282 g/mol. The highest BCUT2D eigenvalue weighted by atomic mass is 15.2. The van der Waals surface area contributed by atoms with Crippen LogP contribution in [0.4, 0.5) is 5.95 Å². The Kier molecular flexibility index (Phi) is 3.41. The van der Waals surface area contributed by atoms with Gasteiger partial charge in [-0.05, 0) is 23.0 Å². The number of hydrogen-bond acceptors (Lipinski definition) is 4. The molecule has 0 saturated carbocycles. The Balaban J connectivity index is 2.12. The van der Waals surface area contributed by atoms with Crippen molar-refractivity contribution < 1.29 is 0 Å². The maximum atomic E-state index is 5.62. The number of aromatic nitrogens is 2. The molecule has 0 bridgehead atoms. The maximum Gasteiger partial charge on any atom is 0.225 e. The first-order valence-electron chi connectivity index (χ1n) is 7.40. The normalized spacial score (nSPS) is 15.2.